The minimum atomic E-state index is 0.0345. The van der Waals surface area contributed by atoms with E-state index < -0.39 is 0 Å². The van der Waals surface area contributed by atoms with Crippen molar-refractivity contribution in [3.05, 3.63) is 46.7 Å². The molecule has 2 atom stereocenters. The van der Waals surface area contributed by atoms with Gasteiger partial charge in [0.05, 0.1) is 19.3 Å². The van der Waals surface area contributed by atoms with Crippen LogP contribution in [0.2, 0.25) is 0 Å². The first-order valence-corrected chi connectivity index (χ1v) is 9.85. The molecule has 1 aromatic carbocycles. The molecule has 0 amide bonds. The summed E-state index contributed by atoms with van der Waals surface area (Å²) in [6, 6.07) is 10.5. The third-order valence-corrected chi connectivity index (χ3v) is 5.68. The average Bonchev–Trinajstić information content (AvgIpc) is 3.18. The first-order chi connectivity index (χ1) is 12.7. The zero-order valence-corrected chi connectivity index (χ0v) is 16.2. The molecule has 0 aliphatic carbocycles. The number of aliphatic hydroxyl groups is 1. The Kier molecular flexibility index (Phi) is 5.38. The van der Waals surface area contributed by atoms with Gasteiger partial charge in [-0.1, -0.05) is 28.1 Å². The van der Waals surface area contributed by atoms with Crippen molar-refractivity contribution in [1.82, 2.24) is 9.97 Å². The summed E-state index contributed by atoms with van der Waals surface area (Å²) < 4.78 is 7.04. The van der Waals surface area contributed by atoms with Crippen molar-refractivity contribution >= 4 is 27.6 Å². The highest BCUT2D eigenvalue weighted by Crippen LogP contribution is 2.29. The lowest BCUT2D eigenvalue weighted by atomic mass is 10.1. The third-order valence-electron chi connectivity index (χ3n) is 5.15. The number of aromatic nitrogens is 2. The number of aliphatic hydroxyl groups excluding tert-OH is 1. The molecule has 1 N–H and O–H groups in total. The van der Waals surface area contributed by atoms with Crippen LogP contribution in [0.25, 0.3) is 0 Å². The molecule has 2 saturated heterocycles. The second kappa shape index (κ2) is 7.90. The van der Waals surface area contributed by atoms with E-state index in [1.165, 1.54) is 5.56 Å². The zero-order valence-electron chi connectivity index (χ0n) is 14.6. The van der Waals surface area contributed by atoms with E-state index in [1.807, 2.05) is 18.2 Å². The first kappa shape index (κ1) is 17.7. The fraction of sp³-hybridized carbons (Fsp3) is 0.474. The lowest BCUT2D eigenvalue weighted by Gasteiger charge is -2.34. The minimum absolute atomic E-state index is 0.0345. The van der Waals surface area contributed by atoms with Gasteiger partial charge < -0.3 is 19.6 Å². The van der Waals surface area contributed by atoms with Crippen molar-refractivity contribution in [3.8, 4) is 0 Å². The Hall–Kier alpha value is -1.70. The molecule has 0 spiro atoms. The van der Waals surface area contributed by atoms with Crippen LogP contribution in [0.4, 0.5) is 11.6 Å². The van der Waals surface area contributed by atoms with Crippen LogP contribution in [0.3, 0.4) is 0 Å². The van der Waals surface area contributed by atoms with Crippen LogP contribution in [0.5, 0.6) is 0 Å². The molecule has 2 unspecified atom stereocenters. The quantitative estimate of drug-likeness (QED) is 0.823. The molecule has 0 bridgehead atoms. The maximum Gasteiger partial charge on any atom is 0.134 e. The molecule has 0 saturated carbocycles. The summed E-state index contributed by atoms with van der Waals surface area (Å²) in [4.78, 5) is 13.4. The zero-order chi connectivity index (χ0) is 17.9. The van der Waals surface area contributed by atoms with Crippen LogP contribution >= 0.6 is 15.9 Å². The number of rotatable bonds is 4. The molecule has 2 aromatic rings. The Morgan fingerprint density at radius 1 is 1.15 bits per heavy atom. The van der Waals surface area contributed by atoms with Crippen LogP contribution in [0.1, 0.15) is 24.5 Å². The molecule has 6 nitrogen and oxygen atoms in total. The Balaban J connectivity index is 1.52. The molecule has 2 fully saturated rings. The van der Waals surface area contributed by atoms with Gasteiger partial charge in [-0.25, -0.2) is 9.97 Å². The molecule has 0 radical (unpaired) electrons. The largest absolute Gasteiger partial charge is 0.394 e. The van der Waals surface area contributed by atoms with E-state index in [1.54, 1.807) is 6.33 Å². The first-order valence-electron chi connectivity index (χ1n) is 9.06. The highest BCUT2D eigenvalue weighted by molar-refractivity contribution is 9.10. The molecule has 4 rings (SSSR count). The highest BCUT2D eigenvalue weighted by atomic mass is 79.9. The van der Waals surface area contributed by atoms with E-state index in [0.717, 1.165) is 48.6 Å². The standard InChI is InChI=1S/C19H23BrN4O2/c20-15-5-3-14(4-6-15)17-11-23(8-9-26-17)18-10-19(22-13-21-18)24-7-1-2-16(24)12-25/h3-6,10,13,16-17,25H,1-2,7-9,11-12H2. The van der Waals surface area contributed by atoms with Crippen molar-refractivity contribution in [2.24, 2.45) is 0 Å². The fourth-order valence-electron chi connectivity index (χ4n) is 3.73. The Morgan fingerprint density at radius 2 is 1.96 bits per heavy atom. The molecule has 26 heavy (non-hydrogen) atoms. The number of morpholine rings is 1. The summed E-state index contributed by atoms with van der Waals surface area (Å²) in [6.07, 6.45) is 3.76. The van der Waals surface area contributed by atoms with Gasteiger partial charge in [-0.2, -0.15) is 0 Å². The Labute approximate surface area is 161 Å². The second-order valence-electron chi connectivity index (χ2n) is 6.76. The van der Waals surface area contributed by atoms with Crippen molar-refractivity contribution in [1.29, 1.82) is 0 Å². The minimum Gasteiger partial charge on any atom is -0.394 e. The van der Waals surface area contributed by atoms with Gasteiger partial charge in [0.2, 0.25) is 0 Å². The lowest BCUT2D eigenvalue weighted by Crippen LogP contribution is -2.39. The third kappa shape index (κ3) is 3.70. The van der Waals surface area contributed by atoms with Gasteiger partial charge in [0, 0.05) is 30.2 Å². The molecule has 2 aliphatic heterocycles. The summed E-state index contributed by atoms with van der Waals surface area (Å²) >= 11 is 3.48. The van der Waals surface area contributed by atoms with E-state index in [2.05, 4.69) is 47.8 Å². The van der Waals surface area contributed by atoms with Gasteiger partial charge in [0.25, 0.3) is 0 Å². The Morgan fingerprint density at radius 3 is 2.77 bits per heavy atom. The number of ether oxygens (including phenoxy) is 1. The van der Waals surface area contributed by atoms with Crippen molar-refractivity contribution < 1.29 is 9.84 Å². The number of hydrogen-bond donors (Lipinski definition) is 1. The summed E-state index contributed by atoms with van der Waals surface area (Å²) in [5.41, 5.74) is 1.17. The van der Waals surface area contributed by atoms with Gasteiger partial charge in [-0.3, -0.25) is 0 Å². The summed E-state index contributed by atoms with van der Waals surface area (Å²) in [6.45, 7) is 3.35. The van der Waals surface area contributed by atoms with Crippen molar-refractivity contribution in [3.63, 3.8) is 0 Å². The number of nitrogens with zero attached hydrogens (tertiary/aromatic N) is 4. The number of benzene rings is 1. The number of anilines is 2. The van der Waals surface area contributed by atoms with Gasteiger partial charge in [0.1, 0.15) is 24.1 Å². The van der Waals surface area contributed by atoms with E-state index in [9.17, 15) is 5.11 Å². The smallest absolute Gasteiger partial charge is 0.134 e. The van der Waals surface area contributed by atoms with Crippen LogP contribution < -0.4 is 9.80 Å². The Bertz CT molecular complexity index is 743. The number of halogens is 1. The van der Waals surface area contributed by atoms with Crippen molar-refractivity contribution in [2.45, 2.75) is 25.0 Å². The molecule has 1 aromatic heterocycles. The summed E-state index contributed by atoms with van der Waals surface area (Å²) in [7, 11) is 0. The van der Waals surface area contributed by atoms with Crippen LogP contribution in [-0.4, -0.2) is 54.0 Å². The normalized spacial score (nSPS) is 23.5. The molecular formula is C19H23BrN4O2. The maximum atomic E-state index is 9.58. The second-order valence-corrected chi connectivity index (χ2v) is 7.68. The van der Waals surface area contributed by atoms with E-state index in [4.69, 9.17) is 4.74 Å². The van der Waals surface area contributed by atoms with Crippen LogP contribution in [-0.2, 0) is 4.74 Å². The molecule has 138 valence electrons. The molecule has 7 heteroatoms. The summed E-state index contributed by atoms with van der Waals surface area (Å²) in [5, 5.41) is 9.58. The average molecular weight is 419 g/mol. The maximum absolute atomic E-state index is 9.58. The van der Waals surface area contributed by atoms with Gasteiger partial charge in [-0.15, -0.1) is 0 Å². The molecular weight excluding hydrogens is 396 g/mol. The molecule has 2 aliphatic rings. The molecule has 3 heterocycles. The fourth-order valence-corrected chi connectivity index (χ4v) is 4.00. The van der Waals surface area contributed by atoms with Gasteiger partial charge in [0.15, 0.2) is 0 Å². The van der Waals surface area contributed by atoms with E-state index >= 15 is 0 Å². The monoisotopic (exact) mass is 418 g/mol. The SMILES string of the molecule is OCC1CCCN1c1cc(N2CCOC(c3ccc(Br)cc3)C2)ncn1. The predicted molar refractivity (Wildman–Crippen MR) is 105 cm³/mol. The predicted octanol–water partition coefficient (Wildman–Crippen LogP) is 2.78. The lowest BCUT2D eigenvalue weighted by molar-refractivity contribution is 0.0395. The van der Waals surface area contributed by atoms with Crippen LogP contribution in [0.15, 0.2) is 41.1 Å². The van der Waals surface area contributed by atoms with Crippen molar-refractivity contribution in [2.75, 3.05) is 42.6 Å². The van der Waals surface area contributed by atoms with E-state index in [-0.39, 0.29) is 18.8 Å². The van der Waals surface area contributed by atoms with E-state index in [0.29, 0.717) is 6.61 Å². The van der Waals surface area contributed by atoms with Crippen LogP contribution in [0, 0.1) is 0 Å². The van der Waals surface area contributed by atoms with Gasteiger partial charge >= 0.3 is 0 Å². The highest BCUT2D eigenvalue weighted by Gasteiger charge is 2.27. The summed E-state index contributed by atoms with van der Waals surface area (Å²) in [5.74, 6) is 1.82. The topological polar surface area (TPSA) is 61.7 Å². The van der Waals surface area contributed by atoms with Gasteiger partial charge in [-0.05, 0) is 30.5 Å². The number of hydrogen-bond acceptors (Lipinski definition) is 6.